The molecule has 11 heteroatoms. The van der Waals surface area contributed by atoms with E-state index in [1.807, 2.05) is 84.9 Å². The minimum atomic E-state index is -3.02. The minimum absolute atomic E-state index is 0.0326. The number of H-pyrrole nitrogens is 1. The molecule has 0 aliphatic carbocycles. The van der Waals surface area contributed by atoms with Crippen LogP contribution in [0, 0.1) is 6.92 Å². The summed E-state index contributed by atoms with van der Waals surface area (Å²) in [5, 5.41) is 1.81. The highest BCUT2D eigenvalue weighted by atomic mass is 32.1. The molecule has 0 saturated carbocycles. The largest absolute Gasteiger partial charge is 0.450 e. The zero-order valence-electron chi connectivity index (χ0n) is 29.8. The number of para-hydroxylation sites is 1. The minimum Gasteiger partial charge on any atom is -0.450 e. The van der Waals surface area contributed by atoms with Crippen LogP contribution in [0.15, 0.2) is 137 Å². The summed E-state index contributed by atoms with van der Waals surface area (Å²) < 4.78 is 34.3. The van der Waals surface area contributed by atoms with E-state index in [0.29, 0.717) is 11.3 Å². The van der Waals surface area contributed by atoms with Gasteiger partial charge in [0.15, 0.2) is 5.72 Å². The maximum Gasteiger partial charge on any atom is 0.358 e. The Labute approximate surface area is 310 Å². The second-order valence-electron chi connectivity index (χ2n) is 14.0. The van der Waals surface area contributed by atoms with Gasteiger partial charge in [0.2, 0.25) is 0 Å². The van der Waals surface area contributed by atoms with E-state index in [-0.39, 0.29) is 36.5 Å². The number of aromatic amines is 1. The van der Waals surface area contributed by atoms with Crippen molar-refractivity contribution in [1.29, 1.82) is 0 Å². The lowest BCUT2D eigenvalue weighted by Crippen LogP contribution is -2.67. The molecule has 0 bridgehead atoms. The number of rotatable bonds is 12. The molecular weight excluding hydrogens is 693 g/mol. The molecular formula is C41H44N2O7SSi. The molecule has 0 unspecified atom stereocenters. The van der Waals surface area contributed by atoms with E-state index in [1.54, 1.807) is 19.1 Å². The molecule has 1 N–H and O–H groups in total. The summed E-state index contributed by atoms with van der Waals surface area (Å²) in [5.41, 5.74) is -1.20. The summed E-state index contributed by atoms with van der Waals surface area (Å²) in [6, 6.07) is 39.5. The SMILES string of the molecule is Cc1cn([C@@]2(COCc3ccccc3)C[C@H](OC(=S)Oc3ccccc3)[C@@H](CO[Si](c3ccccc3)(c3ccccc3)C(C)(C)C)O2)c(=O)[nH]c1=O. The van der Waals surface area contributed by atoms with Gasteiger partial charge in [0.05, 0.1) is 19.8 Å². The van der Waals surface area contributed by atoms with Crippen molar-refractivity contribution in [2.75, 3.05) is 13.2 Å². The van der Waals surface area contributed by atoms with Gasteiger partial charge in [0, 0.05) is 30.4 Å². The van der Waals surface area contributed by atoms with Crippen molar-refractivity contribution in [2.24, 2.45) is 0 Å². The molecule has 270 valence electrons. The van der Waals surface area contributed by atoms with Crippen molar-refractivity contribution in [2.45, 2.75) is 63.7 Å². The number of ether oxygens (including phenoxy) is 4. The number of nitrogens with one attached hydrogen (secondary N) is 1. The van der Waals surface area contributed by atoms with E-state index in [2.05, 4.69) is 50.0 Å². The number of hydrogen-bond acceptors (Lipinski definition) is 8. The third kappa shape index (κ3) is 8.04. The fourth-order valence-corrected chi connectivity index (χ4v) is 11.7. The number of aryl methyl sites for hydroxylation is 1. The molecule has 1 aromatic heterocycles. The predicted octanol–water partition coefficient (Wildman–Crippen LogP) is 5.83. The third-order valence-corrected chi connectivity index (χ3v) is 14.6. The van der Waals surface area contributed by atoms with Crippen LogP contribution >= 0.6 is 12.2 Å². The second-order valence-corrected chi connectivity index (χ2v) is 18.7. The monoisotopic (exact) mass is 736 g/mol. The lowest BCUT2D eigenvalue weighted by molar-refractivity contribution is -0.156. The first kappa shape index (κ1) is 37.1. The van der Waals surface area contributed by atoms with Crippen molar-refractivity contribution >= 4 is 36.1 Å². The molecule has 0 radical (unpaired) electrons. The summed E-state index contributed by atoms with van der Waals surface area (Å²) >= 11 is 5.62. The van der Waals surface area contributed by atoms with Gasteiger partial charge in [-0.3, -0.25) is 14.3 Å². The lowest BCUT2D eigenvalue weighted by Gasteiger charge is -2.43. The topological polar surface area (TPSA) is 101 Å². The van der Waals surface area contributed by atoms with Crippen LogP contribution in [0.25, 0.3) is 0 Å². The molecule has 0 spiro atoms. The van der Waals surface area contributed by atoms with Gasteiger partial charge in [-0.1, -0.05) is 130 Å². The maximum atomic E-state index is 13.6. The predicted molar refractivity (Wildman–Crippen MR) is 208 cm³/mol. The molecule has 2 heterocycles. The van der Waals surface area contributed by atoms with E-state index in [4.69, 9.17) is 35.6 Å². The van der Waals surface area contributed by atoms with Gasteiger partial charge in [0.25, 0.3) is 13.9 Å². The number of hydrogen-bond donors (Lipinski definition) is 1. The van der Waals surface area contributed by atoms with E-state index in [9.17, 15) is 9.59 Å². The van der Waals surface area contributed by atoms with Gasteiger partial charge in [0.1, 0.15) is 18.0 Å². The van der Waals surface area contributed by atoms with Crippen molar-refractivity contribution in [1.82, 2.24) is 9.55 Å². The molecule has 0 amide bonds. The molecule has 6 rings (SSSR count). The Kier molecular flexibility index (Phi) is 11.4. The first-order valence-corrected chi connectivity index (χ1v) is 19.6. The average Bonchev–Trinajstić information content (AvgIpc) is 3.48. The Balaban J connectivity index is 1.40. The van der Waals surface area contributed by atoms with Crippen LogP contribution in [0.4, 0.5) is 0 Å². The number of nitrogens with zero attached hydrogens (tertiary/aromatic N) is 1. The maximum absolute atomic E-state index is 13.6. The van der Waals surface area contributed by atoms with Crippen LogP contribution in [0.2, 0.25) is 5.04 Å². The highest BCUT2D eigenvalue weighted by molar-refractivity contribution is 7.79. The summed E-state index contributed by atoms with van der Waals surface area (Å²) in [5.74, 6) is 0.525. The molecule has 1 fully saturated rings. The zero-order chi connectivity index (χ0) is 36.8. The molecule has 1 aliphatic rings. The summed E-state index contributed by atoms with van der Waals surface area (Å²) in [6.07, 6.45) is 0.182. The molecule has 4 aromatic carbocycles. The Hall–Kier alpha value is -4.65. The van der Waals surface area contributed by atoms with Crippen LogP contribution in [0.1, 0.15) is 38.3 Å². The first-order valence-electron chi connectivity index (χ1n) is 17.3. The van der Waals surface area contributed by atoms with Gasteiger partial charge in [-0.05, 0) is 40.0 Å². The number of benzene rings is 4. The smallest absolute Gasteiger partial charge is 0.358 e. The normalized spacial score (nSPS) is 18.9. The molecule has 9 nitrogen and oxygen atoms in total. The van der Waals surface area contributed by atoms with E-state index in [0.717, 1.165) is 15.9 Å². The fraction of sp³-hybridized carbons (Fsp3) is 0.293. The lowest BCUT2D eigenvalue weighted by atomic mass is 10.1. The standard InChI is InChI=1S/C41H44N2O7SSi/c1-30-26-43(38(45)42-37(30)44)41(29-46-27-31-17-9-5-10-18-31)25-35(49-39(51)48-32-19-11-6-12-20-32)36(50-41)28-47-52(40(2,3)4,33-21-13-7-14-22-33)34-23-15-8-16-24-34/h5-24,26,35-36H,25,27-29H2,1-4H3,(H,42,44,45)/t35-,36+,41-/m0/s1. The molecule has 52 heavy (non-hydrogen) atoms. The van der Waals surface area contributed by atoms with Crippen LogP contribution in [-0.4, -0.2) is 48.5 Å². The van der Waals surface area contributed by atoms with Gasteiger partial charge < -0.3 is 23.4 Å². The quantitative estimate of drug-likeness (QED) is 0.126. The summed E-state index contributed by atoms with van der Waals surface area (Å²) in [7, 11) is -3.02. The summed E-state index contributed by atoms with van der Waals surface area (Å²) in [4.78, 5) is 28.5. The number of thiocarbonyl (C=S) groups is 1. The summed E-state index contributed by atoms with van der Waals surface area (Å²) in [6.45, 7) is 8.59. The fourth-order valence-electron chi connectivity index (χ4n) is 6.90. The average molecular weight is 737 g/mol. The van der Waals surface area contributed by atoms with Gasteiger partial charge in [-0.25, -0.2) is 4.79 Å². The molecule has 5 aromatic rings. The third-order valence-electron chi connectivity index (χ3n) is 9.38. The second kappa shape index (κ2) is 15.9. The van der Waals surface area contributed by atoms with E-state index in [1.165, 1.54) is 10.8 Å². The Morgan fingerprint density at radius 2 is 1.44 bits per heavy atom. The Morgan fingerprint density at radius 3 is 2.02 bits per heavy atom. The molecule has 3 atom stereocenters. The van der Waals surface area contributed by atoms with Crippen molar-refractivity contribution in [3.8, 4) is 5.75 Å². The Morgan fingerprint density at radius 1 is 0.885 bits per heavy atom. The first-order chi connectivity index (χ1) is 25.0. The van der Waals surface area contributed by atoms with Crippen molar-refractivity contribution < 1.29 is 23.4 Å². The van der Waals surface area contributed by atoms with Crippen molar-refractivity contribution in [3.63, 3.8) is 0 Å². The van der Waals surface area contributed by atoms with Gasteiger partial charge in [-0.2, -0.15) is 0 Å². The van der Waals surface area contributed by atoms with Crippen LogP contribution in [-0.2, 0) is 31.0 Å². The van der Waals surface area contributed by atoms with Crippen LogP contribution in [0.5, 0.6) is 5.75 Å². The van der Waals surface area contributed by atoms with Crippen LogP contribution < -0.4 is 26.4 Å². The van der Waals surface area contributed by atoms with Gasteiger partial charge >= 0.3 is 10.9 Å². The highest BCUT2D eigenvalue weighted by Gasteiger charge is 2.54. The molecule has 1 aliphatic heterocycles. The van der Waals surface area contributed by atoms with E-state index < -0.39 is 37.5 Å². The molecule has 1 saturated heterocycles. The van der Waals surface area contributed by atoms with E-state index >= 15 is 0 Å². The van der Waals surface area contributed by atoms with Crippen molar-refractivity contribution in [3.05, 3.63) is 159 Å². The Bertz CT molecular complexity index is 2010. The van der Waals surface area contributed by atoms with Crippen LogP contribution in [0.3, 0.4) is 0 Å². The number of aromatic nitrogens is 2. The highest BCUT2D eigenvalue weighted by Crippen LogP contribution is 2.40. The zero-order valence-corrected chi connectivity index (χ0v) is 31.6. The van der Waals surface area contributed by atoms with Gasteiger partial charge in [-0.15, -0.1) is 0 Å².